The summed E-state index contributed by atoms with van der Waals surface area (Å²) in [6, 6.07) is 5.47. The largest absolute Gasteiger partial charge is 0.497 e. The Balaban J connectivity index is 1.88. The third kappa shape index (κ3) is 6.96. The topological polar surface area (TPSA) is 73.9 Å². The average molecular weight is 375 g/mol. The summed E-state index contributed by atoms with van der Waals surface area (Å²) in [5, 5.41) is 2.99. The molecule has 2 rings (SSSR count). The maximum absolute atomic E-state index is 12.3. The summed E-state index contributed by atoms with van der Waals surface area (Å²) in [5.74, 6) is 0.434. The van der Waals surface area contributed by atoms with E-state index in [1.165, 1.54) is 18.9 Å². The number of benzene rings is 1. The number of methoxy groups -OCH3 is 2. The molecule has 1 atom stereocenters. The van der Waals surface area contributed by atoms with Crippen molar-refractivity contribution in [1.82, 2.24) is 5.32 Å². The zero-order chi connectivity index (χ0) is 19.6. The summed E-state index contributed by atoms with van der Waals surface area (Å²) in [5.41, 5.74) is 0.735. The lowest BCUT2D eigenvalue weighted by Gasteiger charge is -2.19. The van der Waals surface area contributed by atoms with E-state index >= 15 is 0 Å². The minimum Gasteiger partial charge on any atom is -0.497 e. The Labute approximate surface area is 160 Å². The third-order valence-corrected chi connectivity index (χ3v) is 4.65. The van der Waals surface area contributed by atoms with E-state index < -0.39 is 12.1 Å². The maximum atomic E-state index is 12.3. The summed E-state index contributed by atoms with van der Waals surface area (Å²) in [6.45, 7) is 1.59. The molecular formula is C21H29NO5. The monoisotopic (exact) mass is 375 g/mol. The molecule has 1 aromatic carbocycles. The van der Waals surface area contributed by atoms with Gasteiger partial charge < -0.3 is 19.5 Å². The second kappa shape index (κ2) is 10.6. The molecule has 0 unspecified atom stereocenters. The van der Waals surface area contributed by atoms with E-state index in [-0.39, 0.29) is 11.9 Å². The molecule has 0 spiro atoms. The van der Waals surface area contributed by atoms with Crippen molar-refractivity contribution in [3.63, 3.8) is 0 Å². The molecule has 148 valence electrons. The highest BCUT2D eigenvalue weighted by atomic mass is 16.5. The van der Waals surface area contributed by atoms with Gasteiger partial charge in [0.25, 0.3) is 5.91 Å². The van der Waals surface area contributed by atoms with E-state index in [1.54, 1.807) is 45.4 Å². The van der Waals surface area contributed by atoms with Crippen molar-refractivity contribution in [2.24, 2.45) is 0 Å². The Morgan fingerprint density at radius 1 is 1.04 bits per heavy atom. The zero-order valence-corrected chi connectivity index (χ0v) is 16.3. The number of esters is 1. The molecular weight excluding hydrogens is 346 g/mol. The van der Waals surface area contributed by atoms with Crippen LogP contribution < -0.4 is 14.8 Å². The van der Waals surface area contributed by atoms with Crippen LogP contribution in [0.4, 0.5) is 0 Å². The van der Waals surface area contributed by atoms with Crippen molar-refractivity contribution in [3.05, 3.63) is 29.8 Å². The van der Waals surface area contributed by atoms with Crippen LogP contribution in [0, 0.1) is 0 Å². The lowest BCUT2D eigenvalue weighted by molar-refractivity contribution is -0.150. The van der Waals surface area contributed by atoms with Crippen LogP contribution in [-0.2, 0) is 14.3 Å². The van der Waals surface area contributed by atoms with Crippen LogP contribution in [0.2, 0.25) is 0 Å². The Bertz CT molecular complexity index is 640. The fourth-order valence-corrected chi connectivity index (χ4v) is 3.10. The van der Waals surface area contributed by atoms with Gasteiger partial charge in [-0.2, -0.15) is 0 Å². The van der Waals surface area contributed by atoms with Gasteiger partial charge in [0.05, 0.1) is 14.2 Å². The minimum atomic E-state index is -0.828. The van der Waals surface area contributed by atoms with Crippen molar-refractivity contribution in [2.75, 3.05) is 14.2 Å². The highest BCUT2D eigenvalue weighted by Crippen LogP contribution is 2.23. The van der Waals surface area contributed by atoms with Crippen molar-refractivity contribution in [1.29, 1.82) is 0 Å². The molecule has 0 bridgehead atoms. The van der Waals surface area contributed by atoms with Crippen LogP contribution >= 0.6 is 0 Å². The SMILES string of the molecule is COc1cc(/C=C/C(=O)O[C@H](C)C(=O)NC2CCCCCC2)cc(OC)c1. The molecule has 1 amide bonds. The quantitative estimate of drug-likeness (QED) is 0.449. The van der Waals surface area contributed by atoms with Crippen LogP contribution in [-0.4, -0.2) is 38.2 Å². The van der Waals surface area contributed by atoms with Crippen molar-refractivity contribution in [3.8, 4) is 11.5 Å². The van der Waals surface area contributed by atoms with Gasteiger partial charge in [0, 0.05) is 18.2 Å². The van der Waals surface area contributed by atoms with Gasteiger partial charge in [-0.1, -0.05) is 25.7 Å². The Morgan fingerprint density at radius 3 is 2.19 bits per heavy atom. The number of ether oxygens (including phenoxy) is 3. The first kappa shape index (κ1) is 20.8. The predicted molar refractivity (Wildman–Crippen MR) is 104 cm³/mol. The average Bonchev–Trinajstić information content (AvgIpc) is 2.94. The van der Waals surface area contributed by atoms with Gasteiger partial charge in [0.2, 0.25) is 0 Å². The van der Waals surface area contributed by atoms with E-state index in [2.05, 4.69) is 5.32 Å². The molecule has 1 aliphatic rings. The molecule has 1 saturated carbocycles. The fraction of sp³-hybridized carbons (Fsp3) is 0.524. The molecule has 1 fully saturated rings. The standard InChI is InChI=1S/C21H29NO5/c1-15(21(24)22-17-8-6-4-5-7-9-17)27-20(23)11-10-16-12-18(25-2)14-19(13-16)26-3/h10-15,17H,4-9H2,1-3H3,(H,22,24)/b11-10+/t15-/m1/s1. The van der Waals surface area contributed by atoms with Gasteiger partial charge in [0.15, 0.2) is 6.10 Å². The Hall–Kier alpha value is -2.50. The number of nitrogens with one attached hydrogen (secondary N) is 1. The van der Waals surface area contributed by atoms with Gasteiger partial charge in [-0.15, -0.1) is 0 Å². The summed E-state index contributed by atoms with van der Waals surface area (Å²) in [4.78, 5) is 24.3. The summed E-state index contributed by atoms with van der Waals surface area (Å²) < 4.78 is 15.6. The van der Waals surface area contributed by atoms with Gasteiger partial charge in [0.1, 0.15) is 11.5 Å². The summed E-state index contributed by atoms with van der Waals surface area (Å²) in [7, 11) is 3.12. The minimum absolute atomic E-state index is 0.181. The molecule has 6 nitrogen and oxygen atoms in total. The molecule has 6 heteroatoms. The molecule has 1 aliphatic carbocycles. The number of carbonyl (C=O) groups excluding carboxylic acids is 2. The molecule has 27 heavy (non-hydrogen) atoms. The van der Waals surface area contributed by atoms with E-state index in [9.17, 15) is 9.59 Å². The van der Waals surface area contributed by atoms with Crippen LogP contribution in [0.5, 0.6) is 11.5 Å². The van der Waals surface area contributed by atoms with Gasteiger partial charge >= 0.3 is 5.97 Å². The number of rotatable bonds is 7. The number of carbonyl (C=O) groups is 2. The zero-order valence-electron chi connectivity index (χ0n) is 16.3. The fourth-order valence-electron chi connectivity index (χ4n) is 3.10. The summed E-state index contributed by atoms with van der Waals surface area (Å²) in [6.07, 6.45) is 8.75. The molecule has 0 radical (unpaired) electrons. The first-order chi connectivity index (χ1) is 13.0. The van der Waals surface area contributed by atoms with E-state index in [0.717, 1.165) is 31.2 Å². The van der Waals surface area contributed by atoms with Crippen molar-refractivity contribution in [2.45, 2.75) is 57.6 Å². The van der Waals surface area contributed by atoms with Crippen LogP contribution in [0.1, 0.15) is 51.0 Å². The second-order valence-corrected chi connectivity index (χ2v) is 6.76. The van der Waals surface area contributed by atoms with Gasteiger partial charge in [-0.05, 0) is 43.5 Å². The number of amides is 1. The van der Waals surface area contributed by atoms with Gasteiger partial charge in [-0.25, -0.2) is 4.79 Å². The third-order valence-electron chi connectivity index (χ3n) is 4.65. The normalized spacial score (nSPS) is 16.4. The second-order valence-electron chi connectivity index (χ2n) is 6.76. The van der Waals surface area contributed by atoms with E-state index in [4.69, 9.17) is 14.2 Å². The Morgan fingerprint density at radius 2 is 1.63 bits per heavy atom. The van der Waals surface area contributed by atoms with E-state index in [0.29, 0.717) is 11.5 Å². The van der Waals surface area contributed by atoms with Crippen LogP contribution in [0.25, 0.3) is 6.08 Å². The van der Waals surface area contributed by atoms with Crippen LogP contribution in [0.3, 0.4) is 0 Å². The van der Waals surface area contributed by atoms with Gasteiger partial charge in [-0.3, -0.25) is 4.79 Å². The highest BCUT2D eigenvalue weighted by Gasteiger charge is 2.21. The van der Waals surface area contributed by atoms with E-state index in [1.807, 2.05) is 0 Å². The molecule has 0 aliphatic heterocycles. The van der Waals surface area contributed by atoms with Crippen molar-refractivity contribution >= 4 is 18.0 Å². The van der Waals surface area contributed by atoms with Crippen LogP contribution in [0.15, 0.2) is 24.3 Å². The van der Waals surface area contributed by atoms with Crippen molar-refractivity contribution < 1.29 is 23.8 Å². The first-order valence-corrected chi connectivity index (χ1v) is 9.44. The lowest BCUT2D eigenvalue weighted by Crippen LogP contribution is -2.41. The number of hydrogen-bond donors (Lipinski definition) is 1. The Kier molecular flexibility index (Phi) is 8.17. The molecule has 1 N–H and O–H groups in total. The smallest absolute Gasteiger partial charge is 0.331 e. The highest BCUT2D eigenvalue weighted by molar-refractivity contribution is 5.90. The molecule has 0 heterocycles. The first-order valence-electron chi connectivity index (χ1n) is 9.44. The molecule has 0 saturated heterocycles. The lowest BCUT2D eigenvalue weighted by atomic mass is 10.1. The molecule has 1 aromatic rings. The summed E-state index contributed by atoms with van der Waals surface area (Å²) >= 11 is 0. The maximum Gasteiger partial charge on any atom is 0.331 e. The predicted octanol–water partition coefficient (Wildman–Crippen LogP) is 3.49. The molecule has 0 aromatic heterocycles. The number of hydrogen-bond acceptors (Lipinski definition) is 5.